The number of aromatic nitrogens is 2. The number of nitrogens with zero attached hydrogens (tertiary/aromatic N) is 4. The molecule has 0 radical (unpaired) electrons. The van der Waals surface area contributed by atoms with Crippen molar-refractivity contribution in [2.24, 2.45) is 11.8 Å². The van der Waals surface area contributed by atoms with E-state index in [1.807, 2.05) is 6.07 Å². The lowest BCUT2D eigenvalue weighted by Crippen LogP contribution is -2.46. The Morgan fingerprint density at radius 2 is 1.73 bits per heavy atom. The van der Waals surface area contributed by atoms with Crippen LogP contribution in [0.3, 0.4) is 0 Å². The van der Waals surface area contributed by atoms with E-state index in [9.17, 15) is 27.6 Å². The molecule has 0 spiro atoms. The molecular formula is C32H35F5N4O3. The van der Waals surface area contributed by atoms with Crippen LogP contribution < -0.4 is 9.64 Å². The summed E-state index contributed by atoms with van der Waals surface area (Å²) in [5, 5.41) is 13.0. The Morgan fingerprint density at radius 3 is 2.32 bits per heavy atom. The van der Waals surface area contributed by atoms with Crippen molar-refractivity contribution in [1.82, 2.24) is 10.1 Å². The monoisotopic (exact) mass is 618 g/mol. The van der Waals surface area contributed by atoms with Crippen molar-refractivity contribution in [3.8, 4) is 22.9 Å². The summed E-state index contributed by atoms with van der Waals surface area (Å²) in [6.07, 6.45) is -2.74. The van der Waals surface area contributed by atoms with Crippen LogP contribution in [0.15, 0.2) is 47.0 Å². The Kier molecular flexibility index (Phi) is 9.66. The highest BCUT2D eigenvalue weighted by atomic mass is 19.4. The molecule has 7 nitrogen and oxygen atoms in total. The number of alkyl halides is 4. The molecule has 0 aliphatic heterocycles. The van der Waals surface area contributed by atoms with Crippen molar-refractivity contribution < 1.29 is 36.0 Å². The minimum Gasteiger partial charge on any atom is -0.473 e. The quantitative estimate of drug-likeness (QED) is 0.150. The summed E-state index contributed by atoms with van der Waals surface area (Å²) in [4.78, 5) is 19.0. The van der Waals surface area contributed by atoms with Gasteiger partial charge in [0.05, 0.1) is 5.92 Å². The number of anilines is 1. The highest BCUT2D eigenvalue weighted by Crippen LogP contribution is 2.46. The van der Waals surface area contributed by atoms with Crippen LogP contribution in [0.1, 0.15) is 71.5 Å². The fourth-order valence-corrected chi connectivity index (χ4v) is 4.92. The van der Waals surface area contributed by atoms with Gasteiger partial charge in [0.25, 0.3) is 5.89 Å². The SMILES string of the molecule is CC(C)(C#N)Oc1ccc(-c2cc(N(CCCCCc3noc(C(C)(C)F)n3)C(=O)[C@H]3C[C@H](C(F)(F)F)C3)ccc2F)cc1. The Hall–Kier alpha value is -4.01. The van der Waals surface area contributed by atoms with Gasteiger partial charge in [0, 0.05) is 30.1 Å². The standard InChI is InChI=1S/C32H35F5N4O3/c1-30(2,19-38)43-24-12-9-20(10-13-24)25-18-23(11-14-26(25)33)41(28(42)21-16-22(17-21)32(35,36)37)15-7-5-6-8-27-39-29(44-40-27)31(3,4)34/h9-14,18,21-22H,5-8,15-17H2,1-4H3/t21-,22-. The van der Waals surface area contributed by atoms with Crippen LogP contribution in [-0.2, 0) is 16.9 Å². The molecule has 1 saturated carbocycles. The number of rotatable bonds is 12. The van der Waals surface area contributed by atoms with Crippen LogP contribution in [0.25, 0.3) is 11.1 Å². The molecule has 4 rings (SSSR count). The topological polar surface area (TPSA) is 92.2 Å². The summed E-state index contributed by atoms with van der Waals surface area (Å²) in [6, 6.07) is 12.7. The van der Waals surface area contributed by atoms with Gasteiger partial charge in [-0.15, -0.1) is 0 Å². The zero-order chi connectivity index (χ0) is 32.3. The normalized spacial score (nSPS) is 17.1. The predicted molar refractivity (Wildman–Crippen MR) is 153 cm³/mol. The molecule has 3 aromatic rings. The van der Waals surface area contributed by atoms with Crippen LogP contribution in [0.4, 0.5) is 27.6 Å². The van der Waals surface area contributed by atoms with Crippen molar-refractivity contribution >= 4 is 11.6 Å². The van der Waals surface area contributed by atoms with E-state index in [0.29, 0.717) is 48.5 Å². The number of amides is 1. The summed E-state index contributed by atoms with van der Waals surface area (Å²) in [5.74, 6) is -2.59. The van der Waals surface area contributed by atoms with Crippen LogP contribution in [-0.4, -0.2) is 34.4 Å². The maximum atomic E-state index is 15.0. The molecule has 44 heavy (non-hydrogen) atoms. The largest absolute Gasteiger partial charge is 0.473 e. The summed E-state index contributed by atoms with van der Waals surface area (Å²) < 4.78 is 79.1. The lowest BCUT2D eigenvalue weighted by Gasteiger charge is -2.38. The van der Waals surface area contributed by atoms with Crippen LogP contribution in [0.5, 0.6) is 5.75 Å². The van der Waals surface area contributed by atoms with Gasteiger partial charge < -0.3 is 14.2 Å². The molecule has 1 heterocycles. The highest BCUT2D eigenvalue weighted by molar-refractivity contribution is 5.96. The van der Waals surface area contributed by atoms with Crippen molar-refractivity contribution in [1.29, 1.82) is 5.26 Å². The van der Waals surface area contributed by atoms with Gasteiger partial charge in [-0.05, 0) is 89.3 Å². The first kappa shape index (κ1) is 32.9. The van der Waals surface area contributed by atoms with E-state index in [1.165, 1.54) is 36.9 Å². The number of halogens is 5. The molecule has 0 atom stereocenters. The lowest BCUT2D eigenvalue weighted by molar-refractivity contribution is -0.204. The summed E-state index contributed by atoms with van der Waals surface area (Å²) in [5.41, 5.74) is -1.73. The van der Waals surface area contributed by atoms with Crippen molar-refractivity contribution in [3.05, 3.63) is 60.0 Å². The number of carbonyl (C=O) groups is 1. The first-order valence-electron chi connectivity index (χ1n) is 14.5. The molecule has 1 aromatic heterocycles. The molecule has 0 bridgehead atoms. The number of aryl methyl sites for hydroxylation is 1. The van der Waals surface area contributed by atoms with Gasteiger partial charge in [-0.25, -0.2) is 8.78 Å². The van der Waals surface area contributed by atoms with Crippen molar-refractivity contribution in [2.45, 2.75) is 83.7 Å². The fraction of sp³-hybridized carbons (Fsp3) is 0.500. The molecule has 236 valence electrons. The van der Waals surface area contributed by atoms with Crippen LogP contribution in [0.2, 0.25) is 0 Å². The molecular weight excluding hydrogens is 583 g/mol. The number of benzene rings is 2. The Labute approximate surface area is 253 Å². The second-order valence-electron chi connectivity index (χ2n) is 12.1. The predicted octanol–water partition coefficient (Wildman–Crippen LogP) is 8.10. The number of unbranched alkanes of at least 4 members (excludes halogenated alkanes) is 2. The summed E-state index contributed by atoms with van der Waals surface area (Å²) in [6.45, 7) is 6.07. The van der Waals surface area contributed by atoms with Gasteiger partial charge >= 0.3 is 6.18 Å². The number of ether oxygens (including phenoxy) is 1. The maximum Gasteiger partial charge on any atom is 0.391 e. The molecule has 1 aliphatic rings. The second-order valence-corrected chi connectivity index (χ2v) is 12.1. The molecule has 2 aromatic carbocycles. The highest BCUT2D eigenvalue weighted by Gasteiger charge is 2.50. The minimum absolute atomic E-state index is 0.109. The Balaban J connectivity index is 1.48. The molecule has 12 heteroatoms. The van der Waals surface area contributed by atoms with Gasteiger partial charge in [0.15, 0.2) is 17.1 Å². The molecule has 0 saturated heterocycles. The first-order valence-corrected chi connectivity index (χ1v) is 14.5. The van der Waals surface area contributed by atoms with E-state index in [2.05, 4.69) is 10.1 Å². The van der Waals surface area contributed by atoms with E-state index in [-0.39, 0.29) is 30.8 Å². The third-order valence-corrected chi connectivity index (χ3v) is 7.54. The first-order chi connectivity index (χ1) is 20.6. The fourth-order valence-electron chi connectivity index (χ4n) is 4.92. The molecule has 0 N–H and O–H groups in total. The smallest absolute Gasteiger partial charge is 0.391 e. The average Bonchev–Trinajstić information content (AvgIpc) is 3.40. The van der Waals surface area contributed by atoms with E-state index in [4.69, 9.17) is 9.26 Å². The zero-order valence-electron chi connectivity index (χ0n) is 25.0. The van der Waals surface area contributed by atoms with Gasteiger partial charge in [0.1, 0.15) is 17.6 Å². The van der Waals surface area contributed by atoms with Crippen LogP contribution >= 0.6 is 0 Å². The maximum absolute atomic E-state index is 15.0. The number of nitriles is 1. The molecule has 1 amide bonds. The summed E-state index contributed by atoms with van der Waals surface area (Å²) in [7, 11) is 0. The van der Waals surface area contributed by atoms with Gasteiger partial charge in [-0.1, -0.05) is 23.7 Å². The van der Waals surface area contributed by atoms with E-state index in [1.54, 1.807) is 38.1 Å². The van der Waals surface area contributed by atoms with E-state index in [0.717, 1.165) is 0 Å². The zero-order valence-corrected chi connectivity index (χ0v) is 25.0. The third kappa shape index (κ3) is 8.12. The second kappa shape index (κ2) is 12.9. The van der Waals surface area contributed by atoms with Crippen LogP contribution in [0, 0.1) is 29.0 Å². The molecule has 0 unspecified atom stereocenters. The number of carbonyl (C=O) groups excluding carboxylic acids is 1. The summed E-state index contributed by atoms with van der Waals surface area (Å²) >= 11 is 0. The number of hydrogen-bond acceptors (Lipinski definition) is 6. The number of hydrogen-bond donors (Lipinski definition) is 0. The van der Waals surface area contributed by atoms with Crippen molar-refractivity contribution in [2.75, 3.05) is 11.4 Å². The average molecular weight is 619 g/mol. The molecule has 1 aliphatic carbocycles. The van der Waals surface area contributed by atoms with Gasteiger partial charge in [0.2, 0.25) is 5.91 Å². The lowest BCUT2D eigenvalue weighted by atomic mass is 9.73. The minimum atomic E-state index is -4.35. The van der Waals surface area contributed by atoms with Gasteiger partial charge in [-0.3, -0.25) is 4.79 Å². The van der Waals surface area contributed by atoms with Gasteiger partial charge in [-0.2, -0.15) is 23.4 Å². The third-order valence-electron chi connectivity index (χ3n) is 7.54. The van der Waals surface area contributed by atoms with E-state index >= 15 is 4.39 Å². The Bertz CT molecular complexity index is 1480. The van der Waals surface area contributed by atoms with Crippen molar-refractivity contribution in [3.63, 3.8) is 0 Å². The Morgan fingerprint density at radius 1 is 1.05 bits per heavy atom. The van der Waals surface area contributed by atoms with E-state index < -0.39 is 41.0 Å². The molecule has 1 fully saturated rings.